The zero-order valence-electron chi connectivity index (χ0n) is 14.6. The number of rotatable bonds is 7. The molecule has 3 aromatic rings. The molecule has 0 aliphatic carbocycles. The maximum absolute atomic E-state index is 12.8. The Kier molecular flexibility index (Phi) is 6.65. The lowest BCUT2D eigenvalue weighted by atomic mass is 10.2. The number of benzene rings is 2. The van der Waals surface area contributed by atoms with E-state index in [0.717, 1.165) is 4.47 Å². The SMILES string of the molecule is COCCn1c(SCC(=O)Nc2ccc(Br)cc2)nc2ccccc2c1=O. The lowest BCUT2D eigenvalue weighted by Gasteiger charge is -2.12. The van der Waals surface area contributed by atoms with Gasteiger partial charge in [0.1, 0.15) is 0 Å². The van der Waals surface area contributed by atoms with E-state index in [1.54, 1.807) is 23.8 Å². The highest BCUT2D eigenvalue weighted by Gasteiger charge is 2.13. The third kappa shape index (κ3) is 4.97. The number of amides is 1. The van der Waals surface area contributed by atoms with Crippen LogP contribution in [0.4, 0.5) is 5.69 Å². The Balaban J connectivity index is 1.79. The molecule has 0 radical (unpaired) electrons. The highest BCUT2D eigenvalue weighted by molar-refractivity contribution is 9.10. The number of fused-ring (bicyclic) bond motifs is 1. The standard InChI is InChI=1S/C19H18BrN3O3S/c1-26-11-10-23-18(25)15-4-2-3-5-16(15)22-19(23)27-12-17(24)21-14-8-6-13(20)7-9-14/h2-9H,10-12H2,1H3,(H,21,24). The van der Waals surface area contributed by atoms with Crippen LogP contribution in [-0.4, -0.2) is 34.9 Å². The average Bonchev–Trinajstić information content (AvgIpc) is 2.68. The molecule has 0 saturated carbocycles. The summed E-state index contributed by atoms with van der Waals surface area (Å²) >= 11 is 4.59. The molecule has 8 heteroatoms. The summed E-state index contributed by atoms with van der Waals surface area (Å²) in [5.41, 5.74) is 1.20. The minimum absolute atomic E-state index is 0.131. The molecule has 0 saturated heterocycles. The smallest absolute Gasteiger partial charge is 0.262 e. The number of thioether (sulfide) groups is 1. The van der Waals surface area contributed by atoms with E-state index >= 15 is 0 Å². The number of aromatic nitrogens is 2. The summed E-state index contributed by atoms with van der Waals surface area (Å²) in [6, 6.07) is 14.5. The topological polar surface area (TPSA) is 73.2 Å². The van der Waals surface area contributed by atoms with E-state index < -0.39 is 0 Å². The fraction of sp³-hybridized carbons (Fsp3) is 0.211. The number of halogens is 1. The fourth-order valence-corrected chi connectivity index (χ4v) is 3.59. The van der Waals surface area contributed by atoms with Gasteiger partial charge in [0.05, 0.1) is 29.8 Å². The second kappa shape index (κ2) is 9.16. The average molecular weight is 448 g/mol. The summed E-state index contributed by atoms with van der Waals surface area (Å²) in [7, 11) is 1.58. The van der Waals surface area contributed by atoms with Crippen LogP contribution < -0.4 is 10.9 Å². The zero-order chi connectivity index (χ0) is 19.2. The van der Waals surface area contributed by atoms with Crippen molar-refractivity contribution in [2.45, 2.75) is 11.7 Å². The number of carbonyl (C=O) groups is 1. The third-order valence-corrected chi connectivity index (χ3v) is 5.31. The van der Waals surface area contributed by atoms with Crippen molar-refractivity contribution >= 4 is 50.2 Å². The quantitative estimate of drug-likeness (QED) is 0.442. The van der Waals surface area contributed by atoms with Gasteiger partial charge in [-0.05, 0) is 36.4 Å². The monoisotopic (exact) mass is 447 g/mol. The third-order valence-electron chi connectivity index (χ3n) is 3.81. The van der Waals surface area contributed by atoms with Gasteiger partial charge >= 0.3 is 0 Å². The number of para-hydroxylation sites is 1. The Morgan fingerprint density at radius 2 is 1.96 bits per heavy atom. The van der Waals surface area contributed by atoms with Crippen LogP contribution in [0.25, 0.3) is 10.9 Å². The second-order valence-corrected chi connectivity index (χ2v) is 7.56. The molecular weight excluding hydrogens is 430 g/mol. The summed E-state index contributed by atoms with van der Waals surface area (Å²) in [5.74, 6) is -0.0172. The summed E-state index contributed by atoms with van der Waals surface area (Å²) in [4.78, 5) is 29.6. The van der Waals surface area contributed by atoms with E-state index in [9.17, 15) is 9.59 Å². The number of hydrogen-bond donors (Lipinski definition) is 1. The molecule has 0 aliphatic rings. The van der Waals surface area contributed by atoms with Gasteiger partial charge in [-0.15, -0.1) is 0 Å². The zero-order valence-corrected chi connectivity index (χ0v) is 17.0. The van der Waals surface area contributed by atoms with E-state index in [4.69, 9.17) is 4.74 Å². The summed E-state index contributed by atoms with van der Waals surface area (Å²) in [6.45, 7) is 0.766. The predicted molar refractivity (Wildman–Crippen MR) is 111 cm³/mol. The van der Waals surface area contributed by atoms with Gasteiger partial charge < -0.3 is 10.1 Å². The van der Waals surface area contributed by atoms with Crippen molar-refractivity contribution in [1.29, 1.82) is 0 Å². The largest absolute Gasteiger partial charge is 0.383 e. The minimum atomic E-state index is -0.164. The Hall–Kier alpha value is -2.16. The molecule has 140 valence electrons. The van der Waals surface area contributed by atoms with Crippen LogP contribution in [0.2, 0.25) is 0 Å². The molecule has 27 heavy (non-hydrogen) atoms. The van der Waals surface area contributed by atoms with Crippen molar-refractivity contribution < 1.29 is 9.53 Å². The molecule has 2 aromatic carbocycles. The fourth-order valence-electron chi connectivity index (χ4n) is 2.50. The molecule has 1 amide bonds. The molecule has 0 aliphatic heterocycles. The number of hydrogen-bond acceptors (Lipinski definition) is 5. The van der Waals surface area contributed by atoms with Crippen LogP contribution in [0.5, 0.6) is 0 Å². The molecule has 1 heterocycles. The maximum Gasteiger partial charge on any atom is 0.262 e. The molecule has 3 rings (SSSR count). The molecule has 0 unspecified atom stereocenters. The Morgan fingerprint density at radius 3 is 2.70 bits per heavy atom. The van der Waals surface area contributed by atoms with Gasteiger partial charge in [0.2, 0.25) is 5.91 Å². The first kappa shape index (κ1) is 19.6. The Bertz CT molecular complexity index is 1010. The molecule has 6 nitrogen and oxygen atoms in total. The predicted octanol–water partition coefficient (Wildman–Crippen LogP) is 3.54. The highest BCUT2D eigenvalue weighted by Crippen LogP contribution is 2.19. The number of carbonyl (C=O) groups excluding carboxylic acids is 1. The lowest BCUT2D eigenvalue weighted by Crippen LogP contribution is -2.26. The maximum atomic E-state index is 12.8. The highest BCUT2D eigenvalue weighted by atomic mass is 79.9. The molecule has 0 spiro atoms. The Morgan fingerprint density at radius 1 is 1.22 bits per heavy atom. The van der Waals surface area contributed by atoms with Gasteiger partial charge in [0, 0.05) is 17.3 Å². The summed E-state index contributed by atoms with van der Waals surface area (Å²) in [5, 5.41) is 3.89. The molecule has 1 N–H and O–H groups in total. The van der Waals surface area contributed by atoms with Crippen LogP contribution in [0.15, 0.2) is 63.0 Å². The normalized spacial score (nSPS) is 10.9. The van der Waals surface area contributed by atoms with E-state index in [1.165, 1.54) is 11.8 Å². The first-order valence-electron chi connectivity index (χ1n) is 8.25. The number of methoxy groups -OCH3 is 1. The number of anilines is 1. The van der Waals surface area contributed by atoms with Crippen LogP contribution in [0.3, 0.4) is 0 Å². The molecule has 0 atom stereocenters. The molecule has 1 aromatic heterocycles. The van der Waals surface area contributed by atoms with Crippen LogP contribution in [0.1, 0.15) is 0 Å². The van der Waals surface area contributed by atoms with Gasteiger partial charge in [-0.3, -0.25) is 14.2 Å². The van der Waals surface area contributed by atoms with Crippen molar-refractivity contribution in [1.82, 2.24) is 9.55 Å². The first-order valence-corrected chi connectivity index (χ1v) is 10.0. The van der Waals surface area contributed by atoms with E-state index in [0.29, 0.717) is 34.9 Å². The van der Waals surface area contributed by atoms with Gasteiger partial charge in [0.25, 0.3) is 5.56 Å². The minimum Gasteiger partial charge on any atom is -0.383 e. The van der Waals surface area contributed by atoms with Crippen LogP contribution in [0, 0.1) is 0 Å². The van der Waals surface area contributed by atoms with Crippen molar-refractivity contribution in [3.05, 3.63) is 63.4 Å². The van der Waals surface area contributed by atoms with Gasteiger partial charge in [-0.25, -0.2) is 4.98 Å². The van der Waals surface area contributed by atoms with E-state index in [-0.39, 0.29) is 17.2 Å². The summed E-state index contributed by atoms with van der Waals surface area (Å²) in [6.07, 6.45) is 0. The van der Waals surface area contributed by atoms with Crippen molar-refractivity contribution in [2.24, 2.45) is 0 Å². The first-order chi connectivity index (χ1) is 13.1. The van der Waals surface area contributed by atoms with Crippen LogP contribution >= 0.6 is 27.7 Å². The van der Waals surface area contributed by atoms with Gasteiger partial charge in [-0.1, -0.05) is 39.8 Å². The van der Waals surface area contributed by atoms with Crippen molar-refractivity contribution in [3.63, 3.8) is 0 Å². The number of nitrogens with zero attached hydrogens (tertiary/aromatic N) is 2. The molecular formula is C19H18BrN3O3S. The van der Waals surface area contributed by atoms with Crippen LogP contribution in [-0.2, 0) is 16.1 Å². The summed E-state index contributed by atoms with van der Waals surface area (Å²) < 4.78 is 7.60. The molecule has 0 bridgehead atoms. The van der Waals surface area contributed by atoms with E-state index in [2.05, 4.69) is 26.2 Å². The lowest BCUT2D eigenvalue weighted by molar-refractivity contribution is -0.113. The van der Waals surface area contributed by atoms with Gasteiger partial charge in [-0.2, -0.15) is 0 Å². The Labute approximate surface area is 169 Å². The van der Waals surface area contributed by atoms with Crippen molar-refractivity contribution in [3.8, 4) is 0 Å². The van der Waals surface area contributed by atoms with E-state index in [1.807, 2.05) is 36.4 Å². The molecule has 0 fully saturated rings. The van der Waals surface area contributed by atoms with Crippen molar-refractivity contribution in [2.75, 3.05) is 24.8 Å². The van der Waals surface area contributed by atoms with Gasteiger partial charge in [0.15, 0.2) is 5.16 Å². The number of ether oxygens (including phenoxy) is 1. The second-order valence-electron chi connectivity index (χ2n) is 5.70. The number of nitrogens with one attached hydrogen (secondary N) is 1.